The van der Waals surface area contributed by atoms with Crippen LogP contribution in [0.4, 0.5) is 5.82 Å². The van der Waals surface area contributed by atoms with Crippen LogP contribution in [0, 0.1) is 12.8 Å². The van der Waals surface area contributed by atoms with Crippen molar-refractivity contribution in [1.82, 2.24) is 14.7 Å². The van der Waals surface area contributed by atoms with E-state index in [9.17, 15) is 9.59 Å². The Hall–Kier alpha value is -3.41. The number of hydrogen-bond donors (Lipinski definition) is 1. The molecule has 1 aliphatic rings. The Labute approximate surface area is 195 Å². The summed E-state index contributed by atoms with van der Waals surface area (Å²) < 4.78 is 1.79. The highest BCUT2D eigenvalue weighted by atomic mass is 16.2. The fraction of sp³-hybridized carbons (Fsp3) is 0.370. The summed E-state index contributed by atoms with van der Waals surface area (Å²) in [7, 11) is 0. The standard InChI is InChI=1S/C27H32N4O2/c1-19-10-8-9-13-22(19)31-24(16-23(29-31)27(2,3)4)28-25(32)18-30(26(33)21-14-15-21)17-20-11-6-5-7-12-20/h5-13,16,21H,14-15,17-18H2,1-4H3,(H,28,32). The number of benzene rings is 2. The van der Waals surface area contributed by atoms with E-state index in [4.69, 9.17) is 5.10 Å². The Morgan fingerprint density at radius 1 is 1.06 bits per heavy atom. The second-order valence-electron chi connectivity index (χ2n) is 9.87. The van der Waals surface area contributed by atoms with E-state index in [0.717, 1.165) is 35.3 Å². The van der Waals surface area contributed by atoms with Gasteiger partial charge in [-0.1, -0.05) is 69.3 Å². The molecule has 3 aromatic rings. The molecule has 1 aromatic heterocycles. The summed E-state index contributed by atoms with van der Waals surface area (Å²) in [5, 5.41) is 7.83. The Kier molecular flexibility index (Phi) is 6.36. The molecular formula is C27H32N4O2. The third-order valence-corrected chi connectivity index (χ3v) is 5.88. The van der Waals surface area contributed by atoms with Gasteiger partial charge in [-0.05, 0) is 37.0 Å². The summed E-state index contributed by atoms with van der Waals surface area (Å²) in [6.45, 7) is 8.74. The fourth-order valence-electron chi connectivity index (χ4n) is 3.78. The van der Waals surface area contributed by atoms with Crippen molar-refractivity contribution in [3.8, 4) is 5.69 Å². The van der Waals surface area contributed by atoms with Crippen LogP contribution >= 0.6 is 0 Å². The fourth-order valence-corrected chi connectivity index (χ4v) is 3.78. The molecule has 172 valence electrons. The second-order valence-corrected chi connectivity index (χ2v) is 9.87. The lowest BCUT2D eigenvalue weighted by Crippen LogP contribution is -2.38. The van der Waals surface area contributed by atoms with Gasteiger partial charge >= 0.3 is 0 Å². The van der Waals surface area contributed by atoms with Crippen LogP contribution in [0.3, 0.4) is 0 Å². The Morgan fingerprint density at radius 3 is 2.36 bits per heavy atom. The number of hydrogen-bond acceptors (Lipinski definition) is 3. The van der Waals surface area contributed by atoms with Gasteiger partial charge < -0.3 is 10.2 Å². The molecule has 0 saturated heterocycles. The first-order valence-electron chi connectivity index (χ1n) is 11.5. The van der Waals surface area contributed by atoms with Crippen LogP contribution in [0.2, 0.25) is 0 Å². The number of amides is 2. The van der Waals surface area contributed by atoms with E-state index in [1.165, 1.54) is 0 Å². The Bertz CT molecular complexity index is 1140. The van der Waals surface area contributed by atoms with Gasteiger partial charge in [0.25, 0.3) is 0 Å². The van der Waals surface area contributed by atoms with Crippen molar-refractivity contribution >= 4 is 17.6 Å². The maximum absolute atomic E-state index is 13.1. The minimum Gasteiger partial charge on any atom is -0.329 e. The van der Waals surface area contributed by atoms with Crippen LogP contribution in [0.25, 0.3) is 5.69 Å². The van der Waals surface area contributed by atoms with E-state index in [1.54, 1.807) is 9.58 Å². The molecule has 33 heavy (non-hydrogen) atoms. The van der Waals surface area contributed by atoms with Crippen LogP contribution in [-0.4, -0.2) is 33.0 Å². The van der Waals surface area contributed by atoms with E-state index in [1.807, 2.05) is 67.6 Å². The average Bonchev–Trinajstić information content (AvgIpc) is 3.53. The first-order chi connectivity index (χ1) is 15.7. The van der Waals surface area contributed by atoms with E-state index >= 15 is 0 Å². The predicted octanol–water partition coefficient (Wildman–Crippen LogP) is 4.86. The monoisotopic (exact) mass is 444 g/mol. The molecule has 0 spiro atoms. The Balaban J connectivity index is 1.58. The first kappa shape index (κ1) is 22.8. The number of carbonyl (C=O) groups excluding carboxylic acids is 2. The van der Waals surface area contributed by atoms with Crippen LogP contribution in [0.5, 0.6) is 0 Å². The molecule has 1 fully saturated rings. The van der Waals surface area contributed by atoms with Crippen molar-refractivity contribution in [3.05, 3.63) is 77.5 Å². The highest BCUT2D eigenvalue weighted by Gasteiger charge is 2.34. The lowest BCUT2D eigenvalue weighted by molar-refractivity contribution is -0.136. The molecule has 1 heterocycles. The van der Waals surface area contributed by atoms with Crippen LogP contribution in [0.15, 0.2) is 60.7 Å². The van der Waals surface area contributed by atoms with Crippen molar-refractivity contribution < 1.29 is 9.59 Å². The maximum atomic E-state index is 13.1. The zero-order valence-electron chi connectivity index (χ0n) is 19.8. The van der Waals surface area contributed by atoms with Gasteiger partial charge in [0.15, 0.2) is 0 Å². The van der Waals surface area contributed by atoms with Gasteiger partial charge in [0.05, 0.1) is 11.4 Å². The minimum atomic E-state index is -0.227. The van der Waals surface area contributed by atoms with Crippen molar-refractivity contribution in [3.63, 3.8) is 0 Å². The molecule has 0 aliphatic heterocycles. The molecule has 0 atom stereocenters. The van der Waals surface area contributed by atoms with Crippen LogP contribution in [-0.2, 0) is 21.5 Å². The van der Waals surface area contributed by atoms with Crippen molar-refractivity contribution in [2.24, 2.45) is 5.92 Å². The summed E-state index contributed by atoms with van der Waals surface area (Å²) in [6.07, 6.45) is 1.81. The summed E-state index contributed by atoms with van der Waals surface area (Å²) in [6, 6.07) is 19.7. The van der Waals surface area contributed by atoms with E-state index < -0.39 is 0 Å². The molecule has 2 amide bonds. The molecule has 6 nitrogen and oxygen atoms in total. The molecule has 6 heteroatoms. The van der Waals surface area contributed by atoms with Gasteiger partial charge in [-0.3, -0.25) is 9.59 Å². The van der Waals surface area contributed by atoms with E-state index in [0.29, 0.717) is 12.4 Å². The van der Waals surface area contributed by atoms with Crippen molar-refractivity contribution in [2.45, 2.75) is 52.5 Å². The van der Waals surface area contributed by atoms with E-state index in [-0.39, 0.29) is 29.7 Å². The molecule has 0 bridgehead atoms. The number of nitrogens with one attached hydrogen (secondary N) is 1. The normalized spacial score (nSPS) is 13.6. The van der Waals surface area contributed by atoms with E-state index in [2.05, 4.69) is 26.1 Å². The summed E-state index contributed by atoms with van der Waals surface area (Å²) in [5.41, 5.74) is 3.70. The zero-order chi connectivity index (χ0) is 23.6. The summed E-state index contributed by atoms with van der Waals surface area (Å²) in [4.78, 5) is 27.7. The Morgan fingerprint density at radius 2 is 1.73 bits per heavy atom. The molecule has 1 N–H and O–H groups in total. The van der Waals surface area contributed by atoms with Gasteiger partial charge in [-0.2, -0.15) is 5.10 Å². The third kappa shape index (κ3) is 5.51. The van der Waals surface area contributed by atoms with Gasteiger partial charge in [0.2, 0.25) is 11.8 Å². The molecule has 2 aromatic carbocycles. The molecule has 1 saturated carbocycles. The number of nitrogens with zero attached hydrogens (tertiary/aromatic N) is 3. The molecule has 0 radical (unpaired) electrons. The number of rotatable bonds is 7. The molecule has 1 aliphatic carbocycles. The smallest absolute Gasteiger partial charge is 0.245 e. The largest absolute Gasteiger partial charge is 0.329 e. The third-order valence-electron chi connectivity index (χ3n) is 5.88. The highest BCUT2D eigenvalue weighted by Crippen LogP contribution is 2.32. The zero-order valence-corrected chi connectivity index (χ0v) is 19.8. The predicted molar refractivity (Wildman–Crippen MR) is 130 cm³/mol. The van der Waals surface area contributed by atoms with Gasteiger partial charge in [0.1, 0.15) is 12.4 Å². The van der Waals surface area contributed by atoms with Gasteiger partial charge in [-0.15, -0.1) is 0 Å². The number of aromatic nitrogens is 2. The van der Waals surface area contributed by atoms with Crippen molar-refractivity contribution in [2.75, 3.05) is 11.9 Å². The van der Waals surface area contributed by atoms with Crippen LogP contribution in [0.1, 0.15) is 50.4 Å². The maximum Gasteiger partial charge on any atom is 0.245 e. The molecule has 4 rings (SSSR count). The van der Waals surface area contributed by atoms with Crippen LogP contribution < -0.4 is 5.32 Å². The quantitative estimate of drug-likeness (QED) is 0.566. The number of para-hydroxylation sites is 1. The van der Waals surface area contributed by atoms with Crippen molar-refractivity contribution in [1.29, 1.82) is 0 Å². The van der Waals surface area contributed by atoms with Gasteiger partial charge in [-0.25, -0.2) is 4.68 Å². The average molecular weight is 445 g/mol. The van der Waals surface area contributed by atoms with Gasteiger partial charge in [0, 0.05) is 23.9 Å². The lowest BCUT2D eigenvalue weighted by atomic mass is 9.92. The number of aryl methyl sites for hydroxylation is 1. The number of carbonyl (C=O) groups is 2. The molecule has 0 unspecified atom stereocenters. The molecular weight excluding hydrogens is 412 g/mol. The summed E-state index contributed by atoms with van der Waals surface area (Å²) >= 11 is 0. The second kappa shape index (κ2) is 9.22. The highest BCUT2D eigenvalue weighted by molar-refractivity contribution is 5.94. The summed E-state index contributed by atoms with van der Waals surface area (Å²) in [5.74, 6) is 0.483. The SMILES string of the molecule is Cc1ccccc1-n1nc(C(C)(C)C)cc1NC(=O)CN(Cc1ccccc1)C(=O)C1CC1. The minimum absolute atomic E-state index is 0.00797. The topological polar surface area (TPSA) is 67.2 Å². The first-order valence-corrected chi connectivity index (χ1v) is 11.5. The lowest BCUT2D eigenvalue weighted by Gasteiger charge is -2.22. The number of anilines is 1.